The molecule has 2 aromatic carbocycles. The van der Waals surface area contributed by atoms with Crippen LogP contribution in [0.4, 0.5) is 0 Å². The highest BCUT2D eigenvalue weighted by Crippen LogP contribution is 2.42. The van der Waals surface area contributed by atoms with Gasteiger partial charge in [-0.1, -0.05) is 24.3 Å². The van der Waals surface area contributed by atoms with Gasteiger partial charge in [-0.2, -0.15) is 0 Å². The average Bonchev–Trinajstić information content (AvgIpc) is 3.55. The van der Waals surface area contributed by atoms with Gasteiger partial charge in [0.2, 0.25) is 9.84 Å². The van der Waals surface area contributed by atoms with Gasteiger partial charge >= 0.3 is 0 Å². The Bertz CT molecular complexity index is 792. The molecule has 2 N–H and O–H groups in total. The van der Waals surface area contributed by atoms with Gasteiger partial charge in [0.25, 0.3) is 0 Å². The zero-order valence-corrected chi connectivity index (χ0v) is 15.4. The molecule has 132 valence electrons. The molecule has 2 fully saturated rings. The Morgan fingerprint density at radius 1 is 0.720 bits per heavy atom. The highest BCUT2D eigenvalue weighted by atomic mass is 32.2. The topological polar surface area (TPSA) is 58.2 Å². The predicted molar refractivity (Wildman–Crippen MR) is 98.7 cm³/mol. The molecule has 4 nitrogen and oxygen atoms in total. The van der Waals surface area contributed by atoms with Crippen LogP contribution in [0.25, 0.3) is 0 Å². The Morgan fingerprint density at radius 2 is 1.08 bits per heavy atom. The Hall–Kier alpha value is -1.69. The van der Waals surface area contributed by atoms with Gasteiger partial charge < -0.3 is 10.6 Å². The molecule has 0 unspecified atom stereocenters. The zero-order chi connectivity index (χ0) is 17.6. The van der Waals surface area contributed by atoms with Crippen molar-refractivity contribution in [2.24, 2.45) is 0 Å². The Labute approximate surface area is 149 Å². The summed E-state index contributed by atoms with van der Waals surface area (Å²) in [7, 11) is 0.479. The summed E-state index contributed by atoms with van der Waals surface area (Å²) >= 11 is 0. The molecule has 0 aromatic heterocycles. The number of rotatable bonds is 6. The van der Waals surface area contributed by atoms with E-state index in [4.69, 9.17) is 0 Å². The fourth-order valence-corrected chi connectivity index (χ4v) is 4.95. The quantitative estimate of drug-likeness (QED) is 0.835. The van der Waals surface area contributed by atoms with E-state index in [-0.39, 0.29) is 0 Å². The van der Waals surface area contributed by atoms with Gasteiger partial charge in [0.1, 0.15) is 0 Å². The fourth-order valence-electron chi connectivity index (χ4n) is 3.69. The smallest absolute Gasteiger partial charge is 0.206 e. The molecule has 2 aromatic rings. The van der Waals surface area contributed by atoms with Crippen LogP contribution < -0.4 is 10.6 Å². The molecule has 0 saturated heterocycles. The molecule has 2 saturated carbocycles. The molecular weight excluding hydrogens is 332 g/mol. The molecule has 0 aliphatic heterocycles. The SMILES string of the molecule is CN[C@@H]1C[C@H]1c1ccc(S(=O)(=O)c2ccc([C@@H]3C[C@H]3NC)cc2)cc1. The minimum Gasteiger partial charge on any atom is -0.316 e. The van der Waals surface area contributed by atoms with Gasteiger partial charge in [0, 0.05) is 23.9 Å². The van der Waals surface area contributed by atoms with Gasteiger partial charge in [0.15, 0.2) is 0 Å². The van der Waals surface area contributed by atoms with Crippen LogP contribution in [0.5, 0.6) is 0 Å². The molecule has 0 heterocycles. The molecule has 4 rings (SSSR count). The van der Waals surface area contributed by atoms with E-state index in [0.29, 0.717) is 33.7 Å². The van der Waals surface area contributed by atoms with Crippen molar-refractivity contribution in [1.29, 1.82) is 0 Å². The number of nitrogens with one attached hydrogen (secondary N) is 2. The van der Waals surface area contributed by atoms with E-state index in [1.54, 1.807) is 24.3 Å². The van der Waals surface area contributed by atoms with Gasteiger partial charge in [-0.15, -0.1) is 0 Å². The third-order valence-corrected chi connectivity index (χ3v) is 7.35. The van der Waals surface area contributed by atoms with Crippen LogP contribution in [-0.4, -0.2) is 34.6 Å². The van der Waals surface area contributed by atoms with Crippen molar-refractivity contribution >= 4 is 9.84 Å². The van der Waals surface area contributed by atoms with Crippen LogP contribution in [0.3, 0.4) is 0 Å². The zero-order valence-electron chi connectivity index (χ0n) is 14.6. The Balaban J connectivity index is 1.53. The van der Waals surface area contributed by atoms with Crippen LogP contribution in [0, 0.1) is 0 Å². The molecule has 4 atom stereocenters. The second-order valence-corrected chi connectivity index (χ2v) is 9.07. The monoisotopic (exact) mass is 356 g/mol. The summed E-state index contributed by atoms with van der Waals surface area (Å²) in [4.78, 5) is 0.732. The van der Waals surface area contributed by atoms with Crippen molar-refractivity contribution in [2.75, 3.05) is 14.1 Å². The van der Waals surface area contributed by atoms with Crippen molar-refractivity contribution in [1.82, 2.24) is 10.6 Å². The minimum atomic E-state index is -3.45. The first-order chi connectivity index (χ1) is 12.0. The average molecular weight is 356 g/mol. The molecule has 2 aliphatic rings. The van der Waals surface area contributed by atoms with E-state index < -0.39 is 9.84 Å². The summed E-state index contributed by atoms with van der Waals surface area (Å²) in [6.07, 6.45) is 2.25. The summed E-state index contributed by atoms with van der Waals surface area (Å²) < 4.78 is 25.7. The third kappa shape index (κ3) is 3.12. The lowest BCUT2D eigenvalue weighted by Crippen LogP contribution is -2.10. The van der Waals surface area contributed by atoms with Crippen molar-refractivity contribution in [2.45, 2.75) is 46.6 Å². The maximum atomic E-state index is 12.8. The third-order valence-electron chi connectivity index (χ3n) is 5.56. The minimum absolute atomic E-state index is 0.366. The van der Waals surface area contributed by atoms with Crippen molar-refractivity contribution in [3.63, 3.8) is 0 Å². The fraction of sp³-hybridized carbons (Fsp3) is 0.400. The maximum absolute atomic E-state index is 12.8. The summed E-state index contributed by atoms with van der Waals surface area (Å²) in [6, 6.07) is 15.8. The molecule has 0 radical (unpaired) electrons. The first kappa shape index (κ1) is 16.8. The van der Waals surface area contributed by atoms with Crippen LogP contribution >= 0.6 is 0 Å². The lowest BCUT2D eigenvalue weighted by atomic mass is 10.1. The summed E-state index contributed by atoms with van der Waals surface area (Å²) in [5, 5.41) is 6.52. The summed E-state index contributed by atoms with van der Waals surface area (Å²) in [6.45, 7) is 0. The first-order valence-electron chi connectivity index (χ1n) is 8.84. The second kappa shape index (κ2) is 6.24. The van der Waals surface area contributed by atoms with E-state index in [1.165, 1.54) is 11.1 Å². The number of hydrogen-bond acceptors (Lipinski definition) is 4. The molecule has 25 heavy (non-hydrogen) atoms. The first-order valence-corrected chi connectivity index (χ1v) is 10.3. The summed E-state index contributed by atoms with van der Waals surface area (Å²) in [5.74, 6) is 1.03. The Kier molecular flexibility index (Phi) is 4.18. The number of hydrogen-bond donors (Lipinski definition) is 2. The highest BCUT2D eigenvalue weighted by Gasteiger charge is 2.37. The number of likely N-dealkylation sites (N-methyl/N-ethyl adjacent to an activating group) is 2. The van der Waals surface area contributed by atoms with E-state index in [2.05, 4.69) is 10.6 Å². The lowest BCUT2D eigenvalue weighted by Gasteiger charge is -2.08. The normalized spacial score (nSPS) is 27.9. The van der Waals surface area contributed by atoms with Crippen molar-refractivity contribution in [3.8, 4) is 0 Å². The molecule has 5 heteroatoms. The van der Waals surface area contributed by atoms with Crippen LogP contribution in [0.15, 0.2) is 58.3 Å². The lowest BCUT2D eigenvalue weighted by molar-refractivity contribution is 0.596. The summed E-state index contributed by atoms with van der Waals surface area (Å²) in [5.41, 5.74) is 2.42. The van der Waals surface area contributed by atoms with Gasteiger partial charge in [-0.05, 0) is 62.3 Å². The maximum Gasteiger partial charge on any atom is 0.206 e. The molecule has 0 bridgehead atoms. The Morgan fingerprint density at radius 3 is 1.36 bits per heavy atom. The number of benzene rings is 2. The van der Waals surface area contributed by atoms with E-state index in [9.17, 15) is 8.42 Å². The van der Waals surface area contributed by atoms with Crippen LogP contribution in [-0.2, 0) is 9.84 Å². The van der Waals surface area contributed by atoms with Crippen LogP contribution in [0.1, 0.15) is 35.8 Å². The van der Waals surface area contributed by atoms with Crippen molar-refractivity contribution in [3.05, 3.63) is 59.7 Å². The van der Waals surface area contributed by atoms with Crippen molar-refractivity contribution < 1.29 is 8.42 Å². The van der Waals surface area contributed by atoms with E-state index in [1.807, 2.05) is 38.4 Å². The molecule has 0 spiro atoms. The number of sulfone groups is 1. The second-order valence-electron chi connectivity index (χ2n) is 7.12. The van der Waals surface area contributed by atoms with E-state index >= 15 is 0 Å². The van der Waals surface area contributed by atoms with Gasteiger partial charge in [0.05, 0.1) is 9.79 Å². The molecule has 2 aliphatic carbocycles. The molecular formula is C20H24N2O2S. The highest BCUT2D eigenvalue weighted by molar-refractivity contribution is 7.91. The van der Waals surface area contributed by atoms with Crippen LogP contribution in [0.2, 0.25) is 0 Å². The van der Waals surface area contributed by atoms with E-state index in [0.717, 1.165) is 12.8 Å². The standard InChI is InChI=1S/C20H24N2O2S/c1-21-19-11-17(19)13-3-7-15(8-4-13)25(23,24)16-9-5-14(6-10-16)18-12-20(18)22-2/h3-10,17-22H,11-12H2,1-2H3/t17-,18-,19+,20+/m0/s1. The molecule has 0 amide bonds. The predicted octanol–water partition coefficient (Wildman–Crippen LogP) is 2.67. The van der Waals surface area contributed by atoms with Gasteiger partial charge in [-0.25, -0.2) is 8.42 Å². The largest absolute Gasteiger partial charge is 0.316 e. The van der Waals surface area contributed by atoms with Gasteiger partial charge in [-0.3, -0.25) is 0 Å².